The molecule has 0 aromatic carbocycles. The van der Waals surface area contributed by atoms with Crippen LogP contribution in [-0.4, -0.2) is 29.4 Å². The predicted octanol–water partition coefficient (Wildman–Crippen LogP) is 2.15. The van der Waals surface area contributed by atoms with Gasteiger partial charge in [-0.3, -0.25) is 4.79 Å². The number of hydrogen-bond donors (Lipinski definition) is 1. The first-order chi connectivity index (χ1) is 7.61. The van der Waals surface area contributed by atoms with Crippen LogP contribution in [0.4, 0.5) is 0 Å². The minimum Gasteiger partial charge on any atom is -0.337 e. The predicted molar refractivity (Wildman–Crippen MR) is 67.1 cm³/mol. The summed E-state index contributed by atoms with van der Waals surface area (Å²) in [6.07, 6.45) is 4.95. The van der Waals surface area contributed by atoms with Crippen LogP contribution in [0.5, 0.6) is 0 Å². The van der Waals surface area contributed by atoms with Crippen molar-refractivity contribution in [2.75, 3.05) is 6.54 Å². The van der Waals surface area contributed by atoms with E-state index in [1.165, 1.54) is 12.8 Å². The molecule has 0 aromatic rings. The Morgan fingerprint density at radius 3 is 2.50 bits per heavy atom. The summed E-state index contributed by atoms with van der Waals surface area (Å²) in [4.78, 5) is 14.2. The fourth-order valence-electron chi connectivity index (χ4n) is 2.11. The van der Waals surface area contributed by atoms with Crippen LogP contribution in [0.15, 0.2) is 0 Å². The molecular formula is C13H26N2O. The van der Waals surface area contributed by atoms with E-state index >= 15 is 0 Å². The van der Waals surface area contributed by atoms with Gasteiger partial charge in [-0.25, -0.2) is 0 Å². The number of rotatable bonds is 7. The van der Waals surface area contributed by atoms with Crippen LogP contribution in [0, 0.1) is 5.92 Å². The van der Waals surface area contributed by atoms with Gasteiger partial charge in [-0.15, -0.1) is 0 Å². The molecule has 16 heavy (non-hydrogen) atoms. The van der Waals surface area contributed by atoms with Crippen molar-refractivity contribution in [2.45, 2.75) is 65.0 Å². The van der Waals surface area contributed by atoms with Crippen molar-refractivity contribution in [3.8, 4) is 0 Å². The summed E-state index contributed by atoms with van der Waals surface area (Å²) in [6.45, 7) is 7.22. The van der Waals surface area contributed by atoms with Gasteiger partial charge in [-0.05, 0) is 38.6 Å². The van der Waals surface area contributed by atoms with Crippen molar-refractivity contribution in [1.82, 2.24) is 4.90 Å². The second-order valence-electron chi connectivity index (χ2n) is 5.05. The third kappa shape index (κ3) is 3.48. The molecule has 0 radical (unpaired) electrons. The highest BCUT2D eigenvalue weighted by molar-refractivity contribution is 5.77. The molecule has 0 saturated heterocycles. The van der Waals surface area contributed by atoms with Gasteiger partial charge >= 0.3 is 0 Å². The minimum absolute atomic E-state index is 0.306. The van der Waals surface area contributed by atoms with E-state index in [4.69, 9.17) is 5.73 Å². The van der Waals surface area contributed by atoms with Gasteiger partial charge in [0.05, 0.1) is 0 Å². The van der Waals surface area contributed by atoms with E-state index in [9.17, 15) is 4.79 Å². The molecule has 0 aromatic heterocycles. The Hall–Kier alpha value is -0.570. The van der Waals surface area contributed by atoms with E-state index in [1.807, 2.05) is 0 Å². The van der Waals surface area contributed by atoms with Crippen molar-refractivity contribution in [3.05, 3.63) is 0 Å². The Morgan fingerprint density at radius 2 is 2.06 bits per heavy atom. The Bertz CT molecular complexity index is 226. The summed E-state index contributed by atoms with van der Waals surface area (Å²) in [5, 5.41) is 0. The highest BCUT2D eigenvalue weighted by atomic mass is 16.2. The molecule has 3 heteroatoms. The van der Waals surface area contributed by atoms with Gasteiger partial charge < -0.3 is 10.6 Å². The van der Waals surface area contributed by atoms with Crippen LogP contribution in [0.25, 0.3) is 0 Å². The Kier molecular flexibility index (Phi) is 5.26. The standard InChI is InChI=1S/C13H26N2O/c1-4-10(2)11(3)15(12-7-8-12)13(16)6-5-9-14/h10-12H,4-9,14H2,1-3H3. The molecule has 0 heterocycles. The Balaban J connectivity index is 2.55. The lowest BCUT2D eigenvalue weighted by Crippen LogP contribution is -2.43. The monoisotopic (exact) mass is 226 g/mol. The van der Waals surface area contributed by atoms with E-state index in [-0.39, 0.29) is 0 Å². The molecule has 1 aliphatic rings. The first-order valence-electron chi connectivity index (χ1n) is 6.63. The topological polar surface area (TPSA) is 46.3 Å². The zero-order valence-electron chi connectivity index (χ0n) is 10.9. The van der Waals surface area contributed by atoms with E-state index in [0.717, 1.165) is 12.8 Å². The SMILES string of the molecule is CCC(C)C(C)N(C(=O)CCCN)C1CC1. The normalized spacial score (nSPS) is 19.2. The highest BCUT2D eigenvalue weighted by Gasteiger charge is 2.36. The number of nitrogens with two attached hydrogens (primary N) is 1. The lowest BCUT2D eigenvalue weighted by molar-refractivity contribution is -0.135. The van der Waals surface area contributed by atoms with Crippen molar-refractivity contribution in [1.29, 1.82) is 0 Å². The molecular weight excluding hydrogens is 200 g/mol. The summed E-state index contributed by atoms with van der Waals surface area (Å²) in [5.41, 5.74) is 5.46. The van der Waals surface area contributed by atoms with Crippen molar-refractivity contribution in [3.63, 3.8) is 0 Å². The number of amides is 1. The molecule has 1 amide bonds. The van der Waals surface area contributed by atoms with Gasteiger partial charge in [0.25, 0.3) is 0 Å². The molecule has 0 aliphatic heterocycles. The first-order valence-corrected chi connectivity index (χ1v) is 6.63. The summed E-state index contributed by atoms with van der Waals surface area (Å²) in [6, 6.07) is 0.900. The number of nitrogens with zero attached hydrogens (tertiary/aromatic N) is 1. The van der Waals surface area contributed by atoms with E-state index in [2.05, 4.69) is 25.7 Å². The molecule has 3 nitrogen and oxygen atoms in total. The largest absolute Gasteiger partial charge is 0.337 e. The zero-order valence-corrected chi connectivity index (χ0v) is 10.9. The number of carbonyl (C=O) groups excluding carboxylic acids is 1. The van der Waals surface area contributed by atoms with Crippen LogP contribution >= 0.6 is 0 Å². The summed E-state index contributed by atoms with van der Waals surface area (Å²) in [7, 11) is 0. The third-order valence-corrected chi connectivity index (χ3v) is 3.73. The fourth-order valence-corrected chi connectivity index (χ4v) is 2.11. The van der Waals surface area contributed by atoms with Crippen molar-refractivity contribution in [2.24, 2.45) is 11.7 Å². The Morgan fingerprint density at radius 1 is 1.44 bits per heavy atom. The van der Waals surface area contributed by atoms with Crippen LogP contribution in [0.1, 0.15) is 52.9 Å². The molecule has 1 fully saturated rings. The van der Waals surface area contributed by atoms with E-state index < -0.39 is 0 Å². The van der Waals surface area contributed by atoms with E-state index in [1.54, 1.807) is 0 Å². The Labute approximate surface area is 99.4 Å². The van der Waals surface area contributed by atoms with Crippen LogP contribution in [0.2, 0.25) is 0 Å². The molecule has 2 atom stereocenters. The first kappa shape index (κ1) is 13.5. The van der Waals surface area contributed by atoms with Crippen LogP contribution < -0.4 is 5.73 Å². The van der Waals surface area contributed by atoms with Crippen molar-refractivity contribution >= 4 is 5.91 Å². The van der Waals surface area contributed by atoms with Gasteiger partial charge in [0.2, 0.25) is 5.91 Å². The molecule has 1 rings (SSSR count). The second kappa shape index (κ2) is 6.24. The zero-order chi connectivity index (χ0) is 12.1. The average Bonchev–Trinajstić information content (AvgIpc) is 3.09. The van der Waals surface area contributed by atoms with Gasteiger partial charge in [0.15, 0.2) is 0 Å². The molecule has 2 N–H and O–H groups in total. The lowest BCUT2D eigenvalue weighted by atomic mass is 9.98. The minimum atomic E-state index is 0.306. The van der Waals surface area contributed by atoms with Crippen LogP contribution in [-0.2, 0) is 4.79 Å². The van der Waals surface area contributed by atoms with Gasteiger partial charge in [-0.1, -0.05) is 20.3 Å². The van der Waals surface area contributed by atoms with Gasteiger partial charge in [-0.2, -0.15) is 0 Å². The smallest absolute Gasteiger partial charge is 0.223 e. The molecule has 1 saturated carbocycles. The summed E-state index contributed by atoms with van der Waals surface area (Å²) >= 11 is 0. The summed E-state index contributed by atoms with van der Waals surface area (Å²) in [5.74, 6) is 0.892. The van der Waals surface area contributed by atoms with Gasteiger partial charge in [0.1, 0.15) is 0 Å². The fraction of sp³-hybridized carbons (Fsp3) is 0.923. The maximum Gasteiger partial charge on any atom is 0.223 e. The molecule has 1 aliphatic carbocycles. The van der Waals surface area contributed by atoms with Gasteiger partial charge in [0, 0.05) is 18.5 Å². The quantitative estimate of drug-likeness (QED) is 0.723. The molecule has 2 unspecified atom stereocenters. The molecule has 0 bridgehead atoms. The maximum absolute atomic E-state index is 12.1. The molecule has 94 valence electrons. The lowest BCUT2D eigenvalue weighted by Gasteiger charge is -2.33. The molecule has 0 spiro atoms. The average molecular weight is 226 g/mol. The number of hydrogen-bond acceptors (Lipinski definition) is 2. The van der Waals surface area contributed by atoms with Crippen LogP contribution in [0.3, 0.4) is 0 Å². The maximum atomic E-state index is 12.1. The second-order valence-corrected chi connectivity index (χ2v) is 5.05. The van der Waals surface area contributed by atoms with E-state index in [0.29, 0.717) is 36.9 Å². The number of carbonyl (C=O) groups is 1. The van der Waals surface area contributed by atoms with Crippen molar-refractivity contribution < 1.29 is 4.79 Å². The third-order valence-electron chi connectivity index (χ3n) is 3.73. The summed E-state index contributed by atoms with van der Waals surface area (Å²) < 4.78 is 0. The highest BCUT2D eigenvalue weighted by Crippen LogP contribution is 2.32.